The Kier molecular flexibility index (Phi) is 14.7. The molecule has 0 aliphatic carbocycles. The number of phenolic OH excluding ortho intramolecular Hbond substituents is 1. The van der Waals surface area contributed by atoms with Gasteiger partial charge in [-0.1, -0.05) is 46.4 Å². The number of phenols is 1. The number of likely N-dealkylation sites (N-methyl/N-ethyl adjacent to an activating group) is 1. The van der Waals surface area contributed by atoms with Crippen LogP contribution >= 0.6 is 0 Å². The summed E-state index contributed by atoms with van der Waals surface area (Å²) in [6.07, 6.45) is 3.15. The molecule has 0 saturated carbocycles. The van der Waals surface area contributed by atoms with Gasteiger partial charge in [0, 0.05) is 80.2 Å². The van der Waals surface area contributed by atoms with Crippen LogP contribution in [-0.4, -0.2) is 120 Å². The molecule has 17 heteroatoms. The third kappa shape index (κ3) is 10.3. The Morgan fingerprint density at radius 2 is 1.87 bits per heavy atom. The van der Waals surface area contributed by atoms with E-state index in [1.54, 1.807) is 39.3 Å². The SMILES string of the molecule is C=CS(=O)(=O)N1CC[C@H](C(=O)N(C)[C@H](C(=O)N[C@H]2Cc3cc(O)cc(c3)-c3ccc4c(c3)c(c(-c3cccnc3[C@H](C)OC)n4CC)CC(C)(C)COC(=O)[C@@H]3CCCN(N3)C2=O)C(C)C)C1. The van der Waals surface area contributed by atoms with E-state index in [9.17, 15) is 32.7 Å². The van der Waals surface area contributed by atoms with Crippen molar-refractivity contribution in [2.45, 2.75) is 104 Å². The molecule has 2 aromatic heterocycles. The number of cyclic esters (lactones) is 1. The van der Waals surface area contributed by atoms with Crippen LogP contribution in [0.5, 0.6) is 5.75 Å². The van der Waals surface area contributed by atoms with Crippen LogP contribution in [-0.2, 0) is 58.1 Å². The molecule has 7 rings (SSSR count). The van der Waals surface area contributed by atoms with E-state index in [1.165, 1.54) is 21.3 Å². The number of sulfonamides is 1. The van der Waals surface area contributed by atoms with E-state index < -0.39 is 69.1 Å². The number of rotatable bonds is 11. The van der Waals surface area contributed by atoms with Gasteiger partial charge in [0.15, 0.2) is 0 Å². The van der Waals surface area contributed by atoms with Crippen molar-refractivity contribution in [1.82, 2.24) is 34.5 Å². The Morgan fingerprint density at radius 1 is 1.10 bits per heavy atom. The molecule has 0 unspecified atom stereocenters. The lowest BCUT2D eigenvalue weighted by atomic mass is 9.84. The van der Waals surface area contributed by atoms with Gasteiger partial charge in [0.1, 0.15) is 23.9 Å². The number of hydrogen-bond acceptors (Lipinski definition) is 11. The normalized spacial score (nSPS) is 21.4. The molecule has 5 atom stereocenters. The van der Waals surface area contributed by atoms with E-state index in [4.69, 9.17) is 14.5 Å². The van der Waals surface area contributed by atoms with E-state index in [-0.39, 0.29) is 50.9 Å². The minimum absolute atomic E-state index is 0.0328. The van der Waals surface area contributed by atoms with Crippen LogP contribution in [0.3, 0.4) is 0 Å². The van der Waals surface area contributed by atoms with Crippen LogP contribution < -0.4 is 10.7 Å². The molecule has 4 aromatic rings. The summed E-state index contributed by atoms with van der Waals surface area (Å²) in [6.45, 7) is 16.3. The zero-order chi connectivity index (χ0) is 48.5. The van der Waals surface area contributed by atoms with Crippen molar-refractivity contribution < 1.29 is 42.2 Å². The molecule has 0 spiro atoms. The van der Waals surface area contributed by atoms with Crippen LogP contribution in [0.25, 0.3) is 33.3 Å². The van der Waals surface area contributed by atoms with Crippen molar-refractivity contribution in [2.75, 3.05) is 40.4 Å². The number of nitrogens with one attached hydrogen (secondary N) is 2. The lowest BCUT2D eigenvalue weighted by Crippen LogP contribution is -2.62. The van der Waals surface area contributed by atoms with E-state index >= 15 is 0 Å². The van der Waals surface area contributed by atoms with Crippen LogP contribution in [0.2, 0.25) is 0 Å². The Bertz CT molecular complexity index is 2660. The van der Waals surface area contributed by atoms with Crippen molar-refractivity contribution in [3.05, 3.63) is 83.5 Å². The smallest absolute Gasteiger partial charge is 0.324 e. The molecule has 3 aliphatic rings. The average Bonchev–Trinajstić information content (AvgIpc) is 3.93. The second-order valence-electron chi connectivity index (χ2n) is 19.2. The molecule has 360 valence electrons. The van der Waals surface area contributed by atoms with Gasteiger partial charge in [-0.2, -0.15) is 4.31 Å². The number of amides is 3. The molecule has 3 aliphatic heterocycles. The maximum atomic E-state index is 14.7. The molecule has 5 heterocycles. The number of carbonyl (C=O) groups excluding carboxylic acids is 4. The lowest BCUT2D eigenvalue weighted by Gasteiger charge is -2.37. The van der Waals surface area contributed by atoms with Crippen molar-refractivity contribution in [1.29, 1.82) is 0 Å². The molecule has 0 radical (unpaired) electrons. The van der Waals surface area contributed by atoms with Gasteiger partial charge in [0.25, 0.3) is 5.91 Å². The number of aryl methyl sites for hydroxylation is 1. The highest BCUT2D eigenvalue weighted by Gasteiger charge is 2.41. The summed E-state index contributed by atoms with van der Waals surface area (Å²) in [4.78, 5) is 63.2. The second kappa shape index (κ2) is 19.9. The monoisotopic (exact) mass is 939 g/mol. The van der Waals surface area contributed by atoms with Crippen LogP contribution in [0.1, 0.15) is 83.7 Å². The zero-order valence-corrected chi connectivity index (χ0v) is 40.7. The first kappa shape index (κ1) is 49.3. The van der Waals surface area contributed by atoms with E-state index in [1.807, 2.05) is 25.1 Å². The average molecular weight is 940 g/mol. The minimum atomic E-state index is -3.73. The van der Waals surface area contributed by atoms with Gasteiger partial charge in [-0.25, -0.2) is 13.8 Å². The molecule has 3 N–H and O–H groups in total. The van der Waals surface area contributed by atoms with Crippen molar-refractivity contribution in [3.8, 4) is 28.1 Å². The van der Waals surface area contributed by atoms with Crippen molar-refractivity contribution in [2.24, 2.45) is 17.3 Å². The van der Waals surface area contributed by atoms with Gasteiger partial charge in [-0.15, -0.1) is 0 Å². The summed E-state index contributed by atoms with van der Waals surface area (Å²) < 4.78 is 40.4. The van der Waals surface area contributed by atoms with Crippen molar-refractivity contribution >= 4 is 44.6 Å². The highest BCUT2D eigenvalue weighted by Crippen LogP contribution is 2.42. The summed E-state index contributed by atoms with van der Waals surface area (Å²) in [6, 6.07) is 12.3. The molecular formula is C50H65N7O9S. The highest BCUT2D eigenvalue weighted by molar-refractivity contribution is 7.92. The summed E-state index contributed by atoms with van der Waals surface area (Å²) in [5.74, 6) is -3.09. The van der Waals surface area contributed by atoms with Gasteiger partial charge in [-0.05, 0) is 104 Å². The molecule has 6 bridgehead atoms. The fourth-order valence-electron chi connectivity index (χ4n) is 9.94. The van der Waals surface area contributed by atoms with Crippen LogP contribution in [0.4, 0.5) is 0 Å². The Balaban J connectivity index is 1.31. The summed E-state index contributed by atoms with van der Waals surface area (Å²) in [5, 5.41) is 17.5. The number of esters is 1. The Morgan fingerprint density at radius 3 is 2.57 bits per heavy atom. The predicted molar refractivity (Wildman–Crippen MR) is 256 cm³/mol. The molecule has 16 nitrogen and oxygen atoms in total. The second-order valence-corrected chi connectivity index (χ2v) is 21.1. The first-order valence-corrected chi connectivity index (χ1v) is 24.7. The molecule has 3 amide bonds. The number of hydrogen-bond donors (Lipinski definition) is 3. The summed E-state index contributed by atoms with van der Waals surface area (Å²) in [7, 11) is -0.551. The largest absolute Gasteiger partial charge is 0.508 e. The first-order valence-electron chi connectivity index (χ1n) is 23.2. The highest BCUT2D eigenvalue weighted by atomic mass is 32.2. The van der Waals surface area contributed by atoms with Gasteiger partial charge < -0.3 is 29.4 Å². The number of fused-ring (bicyclic) bond motifs is 6. The number of nitrogens with zero attached hydrogens (tertiary/aromatic N) is 5. The van der Waals surface area contributed by atoms with Crippen LogP contribution in [0, 0.1) is 17.3 Å². The number of carbonyl (C=O) groups is 4. The number of aromatic hydroxyl groups is 1. The topological polar surface area (TPSA) is 193 Å². The predicted octanol–water partition coefficient (Wildman–Crippen LogP) is 5.73. The van der Waals surface area contributed by atoms with Gasteiger partial charge in [-0.3, -0.25) is 29.2 Å². The molecule has 2 aromatic carbocycles. The van der Waals surface area contributed by atoms with Gasteiger partial charge in [0.05, 0.1) is 30.0 Å². The fraction of sp³-hybridized carbons (Fsp3) is 0.500. The lowest BCUT2D eigenvalue weighted by molar-refractivity contribution is -0.155. The van der Waals surface area contributed by atoms with E-state index in [0.717, 1.165) is 44.4 Å². The fourth-order valence-corrected chi connectivity index (χ4v) is 10.9. The van der Waals surface area contributed by atoms with Crippen LogP contribution in [0.15, 0.2) is 66.7 Å². The Hall–Kier alpha value is -5.62. The maximum absolute atomic E-state index is 14.7. The third-order valence-electron chi connectivity index (χ3n) is 13.4. The first-order chi connectivity index (χ1) is 31.8. The van der Waals surface area contributed by atoms with Gasteiger partial charge in [0.2, 0.25) is 21.8 Å². The van der Waals surface area contributed by atoms with Gasteiger partial charge >= 0.3 is 5.97 Å². The zero-order valence-electron chi connectivity index (χ0n) is 39.9. The molecular weight excluding hydrogens is 875 g/mol. The van der Waals surface area contributed by atoms with E-state index in [0.29, 0.717) is 36.9 Å². The molecule has 2 fully saturated rings. The number of aromatic nitrogens is 2. The standard InChI is InChI=1S/C50H65N7O9S/c1-10-56-42-17-16-33-26-38(42)39(45(56)37-14-12-19-51-43(37)31(5)65-9)27-50(6,7)29-66-49(62)40-15-13-20-57(53-40)48(61)41(24-32-22-35(33)25-36(58)23-32)52-46(59)44(30(3)4)54(8)47(60)34-18-21-55(28-34)67(63,64)11-2/h11-12,14,16-17,19,22-23,25-26,30-31,34,40-41,44,53,58H,2,10,13,15,18,20-21,24,27-29H2,1,3-9H3,(H,52,59)/t31-,34-,40-,41-,44-/m0/s1. The number of methoxy groups -OCH3 is 1. The molecule has 67 heavy (non-hydrogen) atoms. The van der Waals surface area contributed by atoms with E-state index in [2.05, 4.69) is 60.9 Å². The maximum Gasteiger partial charge on any atom is 0.324 e. The van der Waals surface area contributed by atoms with Crippen molar-refractivity contribution in [3.63, 3.8) is 0 Å². The minimum Gasteiger partial charge on any atom is -0.508 e. The quantitative estimate of drug-likeness (QED) is 0.156. The summed E-state index contributed by atoms with van der Waals surface area (Å²) in [5.41, 5.74) is 9.37. The third-order valence-corrected chi connectivity index (χ3v) is 14.9. The number of ether oxygens (including phenoxy) is 2. The number of pyridine rings is 1. The molecule has 2 saturated heterocycles. The number of benzene rings is 2. The summed E-state index contributed by atoms with van der Waals surface area (Å²) >= 11 is 0. The number of hydrazine groups is 1. The Labute approximate surface area is 393 Å².